The summed E-state index contributed by atoms with van der Waals surface area (Å²) in [5, 5.41) is 0. The van der Waals surface area contributed by atoms with Gasteiger partial charge in [0.1, 0.15) is 0 Å². The molecular weight excluding hydrogens is 468 g/mol. The highest BCUT2D eigenvalue weighted by atomic mass is 14.3. The Labute approximate surface area is 242 Å². The summed E-state index contributed by atoms with van der Waals surface area (Å²) in [6, 6.07) is 19.0. The molecule has 39 heavy (non-hydrogen) atoms. The summed E-state index contributed by atoms with van der Waals surface area (Å²) in [7, 11) is 0. The summed E-state index contributed by atoms with van der Waals surface area (Å²) >= 11 is 0. The van der Waals surface area contributed by atoms with Gasteiger partial charge in [0, 0.05) is 0 Å². The highest BCUT2D eigenvalue weighted by Crippen LogP contribution is 2.39. The Kier molecular flexibility index (Phi) is 13.2. The second-order valence-corrected chi connectivity index (χ2v) is 13.0. The molecule has 1 fully saturated rings. The Hall–Kier alpha value is -1.82. The largest absolute Gasteiger partial charge is 0.0804 e. The molecule has 0 nitrogen and oxygen atoms in total. The second-order valence-electron chi connectivity index (χ2n) is 13.0. The van der Waals surface area contributed by atoms with Gasteiger partial charge >= 0.3 is 0 Å². The zero-order chi connectivity index (χ0) is 27.1. The van der Waals surface area contributed by atoms with E-state index in [9.17, 15) is 0 Å². The zero-order valence-corrected chi connectivity index (χ0v) is 25.6. The van der Waals surface area contributed by atoms with E-state index >= 15 is 0 Å². The third-order valence-corrected chi connectivity index (χ3v) is 10.0. The second kappa shape index (κ2) is 17.1. The van der Waals surface area contributed by atoms with Crippen molar-refractivity contribution in [2.45, 2.75) is 148 Å². The Balaban J connectivity index is 1.19. The molecule has 0 radical (unpaired) electrons. The van der Waals surface area contributed by atoms with Crippen LogP contribution in [0.15, 0.2) is 54.6 Å². The summed E-state index contributed by atoms with van der Waals surface area (Å²) < 4.78 is 0. The fraction of sp³-hybridized carbons (Fsp3) is 0.641. The maximum atomic E-state index is 2.55. The van der Waals surface area contributed by atoms with E-state index in [1.165, 1.54) is 145 Å². The SMILES string of the molecule is CCCCCCCCCC1CC=C(c2ccc(-c3ccc(C4CCC(CCCCCC)CC4)cc3)cc2)CC1. The number of hydrogen-bond donors (Lipinski definition) is 0. The van der Waals surface area contributed by atoms with Crippen LogP contribution in [0.3, 0.4) is 0 Å². The minimum atomic E-state index is 0.779. The smallest absolute Gasteiger partial charge is 0.0162 e. The van der Waals surface area contributed by atoms with Crippen molar-refractivity contribution in [3.05, 3.63) is 65.7 Å². The van der Waals surface area contributed by atoms with Crippen LogP contribution in [0.2, 0.25) is 0 Å². The molecule has 0 heterocycles. The van der Waals surface area contributed by atoms with Crippen LogP contribution < -0.4 is 0 Å². The van der Waals surface area contributed by atoms with Crippen LogP contribution in [-0.2, 0) is 0 Å². The lowest BCUT2D eigenvalue weighted by atomic mass is 9.77. The predicted molar refractivity (Wildman–Crippen MR) is 173 cm³/mol. The minimum absolute atomic E-state index is 0.779. The molecule has 2 aromatic rings. The van der Waals surface area contributed by atoms with Gasteiger partial charge in [0.15, 0.2) is 0 Å². The molecule has 2 aliphatic rings. The first kappa shape index (κ1) is 30.1. The van der Waals surface area contributed by atoms with E-state index in [0.717, 1.165) is 17.8 Å². The van der Waals surface area contributed by atoms with Crippen molar-refractivity contribution in [1.29, 1.82) is 0 Å². The van der Waals surface area contributed by atoms with Gasteiger partial charge in [-0.25, -0.2) is 0 Å². The highest BCUT2D eigenvalue weighted by molar-refractivity contribution is 5.71. The minimum Gasteiger partial charge on any atom is -0.0804 e. The number of rotatable bonds is 16. The molecule has 0 amide bonds. The summed E-state index contributed by atoms with van der Waals surface area (Å²) in [4.78, 5) is 0. The van der Waals surface area contributed by atoms with Gasteiger partial charge in [0.05, 0.1) is 0 Å². The summed E-state index contributed by atoms with van der Waals surface area (Å²) in [6.45, 7) is 4.62. The molecule has 0 N–H and O–H groups in total. The third-order valence-electron chi connectivity index (χ3n) is 10.0. The number of hydrogen-bond acceptors (Lipinski definition) is 0. The van der Waals surface area contributed by atoms with Gasteiger partial charge in [-0.15, -0.1) is 0 Å². The maximum absolute atomic E-state index is 2.55. The fourth-order valence-electron chi connectivity index (χ4n) is 7.27. The van der Waals surface area contributed by atoms with Gasteiger partial charge in [-0.3, -0.25) is 0 Å². The maximum Gasteiger partial charge on any atom is -0.0162 e. The van der Waals surface area contributed by atoms with Crippen LogP contribution in [0.4, 0.5) is 0 Å². The lowest BCUT2D eigenvalue weighted by Gasteiger charge is -2.29. The van der Waals surface area contributed by atoms with Gasteiger partial charge in [-0.05, 0) is 90.5 Å². The molecule has 0 spiro atoms. The molecule has 0 aliphatic heterocycles. The van der Waals surface area contributed by atoms with E-state index in [0.29, 0.717) is 0 Å². The molecule has 1 saturated carbocycles. The molecule has 1 atom stereocenters. The van der Waals surface area contributed by atoms with Crippen molar-refractivity contribution >= 4 is 5.57 Å². The Morgan fingerprint density at radius 3 is 1.62 bits per heavy atom. The number of allylic oxidation sites excluding steroid dienone is 2. The van der Waals surface area contributed by atoms with Crippen molar-refractivity contribution in [2.75, 3.05) is 0 Å². The fourth-order valence-corrected chi connectivity index (χ4v) is 7.27. The topological polar surface area (TPSA) is 0 Å². The molecule has 0 bridgehead atoms. The molecule has 214 valence electrons. The lowest BCUT2D eigenvalue weighted by Crippen LogP contribution is -2.13. The van der Waals surface area contributed by atoms with E-state index in [2.05, 4.69) is 68.5 Å². The van der Waals surface area contributed by atoms with Crippen LogP contribution in [0, 0.1) is 11.8 Å². The first-order valence-electron chi connectivity index (χ1n) is 17.2. The molecule has 4 rings (SSSR count). The average molecular weight is 527 g/mol. The highest BCUT2D eigenvalue weighted by Gasteiger charge is 2.22. The average Bonchev–Trinajstić information content (AvgIpc) is 3.00. The quantitative estimate of drug-likeness (QED) is 0.191. The van der Waals surface area contributed by atoms with Gasteiger partial charge in [0.2, 0.25) is 0 Å². The molecule has 2 aliphatic carbocycles. The van der Waals surface area contributed by atoms with Gasteiger partial charge in [-0.2, -0.15) is 0 Å². The summed E-state index contributed by atoms with van der Waals surface area (Å²) in [5.41, 5.74) is 7.31. The van der Waals surface area contributed by atoms with Crippen molar-refractivity contribution in [3.63, 3.8) is 0 Å². The molecule has 0 saturated heterocycles. The predicted octanol–water partition coefficient (Wildman–Crippen LogP) is 12.9. The Morgan fingerprint density at radius 2 is 1.03 bits per heavy atom. The Morgan fingerprint density at radius 1 is 0.513 bits per heavy atom. The van der Waals surface area contributed by atoms with Gasteiger partial charge < -0.3 is 0 Å². The monoisotopic (exact) mass is 526 g/mol. The number of benzene rings is 2. The lowest BCUT2D eigenvalue weighted by molar-refractivity contribution is 0.302. The van der Waals surface area contributed by atoms with Crippen molar-refractivity contribution in [2.24, 2.45) is 11.8 Å². The van der Waals surface area contributed by atoms with Crippen LogP contribution in [-0.4, -0.2) is 0 Å². The molecule has 1 unspecified atom stereocenters. The van der Waals surface area contributed by atoms with Crippen LogP contribution >= 0.6 is 0 Å². The van der Waals surface area contributed by atoms with E-state index in [1.54, 1.807) is 11.1 Å². The van der Waals surface area contributed by atoms with E-state index in [1.807, 2.05) is 0 Å². The van der Waals surface area contributed by atoms with Crippen molar-refractivity contribution in [3.8, 4) is 11.1 Å². The number of unbranched alkanes of at least 4 members (excludes halogenated alkanes) is 9. The normalized spacial score (nSPS) is 21.6. The molecular formula is C39H58. The first-order chi connectivity index (χ1) is 19.3. The molecule has 0 aromatic heterocycles. The van der Waals surface area contributed by atoms with Crippen molar-refractivity contribution in [1.82, 2.24) is 0 Å². The summed E-state index contributed by atoms with van der Waals surface area (Å²) in [5.74, 6) is 2.69. The van der Waals surface area contributed by atoms with Crippen LogP contribution in [0.1, 0.15) is 159 Å². The zero-order valence-electron chi connectivity index (χ0n) is 25.6. The molecule has 2 aromatic carbocycles. The third kappa shape index (κ3) is 9.95. The van der Waals surface area contributed by atoms with Crippen molar-refractivity contribution < 1.29 is 0 Å². The first-order valence-corrected chi connectivity index (χ1v) is 17.2. The van der Waals surface area contributed by atoms with Gasteiger partial charge in [-0.1, -0.05) is 152 Å². The molecule has 0 heteroatoms. The standard InChI is InChI=1S/C39H58/c1-3-5-7-9-10-11-13-15-33-18-22-35(23-19-33)37-26-30-39(31-27-37)38-28-24-36(25-29-38)34-20-16-32(17-21-34)14-12-8-6-4-2/h22,24-34H,3-21,23H2,1-2H3. The van der Waals surface area contributed by atoms with Gasteiger partial charge in [0.25, 0.3) is 0 Å². The van der Waals surface area contributed by atoms with E-state index in [4.69, 9.17) is 0 Å². The van der Waals surface area contributed by atoms with Crippen LogP contribution in [0.25, 0.3) is 16.7 Å². The van der Waals surface area contributed by atoms with Crippen LogP contribution in [0.5, 0.6) is 0 Å². The Bertz CT molecular complexity index is 939. The van der Waals surface area contributed by atoms with E-state index < -0.39 is 0 Å². The van der Waals surface area contributed by atoms with E-state index in [-0.39, 0.29) is 0 Å². The summed E-state index contributed by atoms with van der Waals surface area (Å²) in [6.07, 6.45) is 30.7.